The SMILES string of the molecule is CC(C)c1cccc(-c2ccccc2)c1C(C)C.CC(C)c1ccccc1. The molecule has 0 aliphatic heterocycles. The molecule has 0 bridgehead atoms. The molecule has 27 heavy (non-hydrogen) atoms. The molecule has 3 aromatic rings. The fraction of sp³-hybridized carbons (Fsp3) is 0.333. The van der Waals surface area contributed by atoms with E-state index in [0.29, 0.717) is 17.8 Å². The zero-order chi connectivity index (χ0) is 19.8. The van der Waals surface area contributed by atoms with E-state index >= 15 is 0 Å². The van der Waals surface area contributed by atoms with Crippen LogP contribution in [0.3, 0.4) is 0 Å². The van der Waals surface area contributed by atoms with Crippen LogP contribution in [0.15, 0.2) is 78.9 Å². The van der Waals surface area contributed by atoms with Crippen molar-refractivity contribution in [2.75, 3.05) is 0 Å². The zero-order valence-electron chi connectivity index (χ0n) is 17.7. The molecule has 0 unspecified atom stereocenters. The third-order valence-electron chi connectivity index (χ3n) is 4.89. The summed E-state index contributed by atoms with van der Waals surface area (Å²) in [5.74, 6) is 1.79. The highest BCUT2D eigenvalue weighted by Crippen LogP contribution is 2.35. The molecule has 0 atom stereocenters. The third kappa shape index (κ3) is 5.82. The minimum absolute atomic E-state index is 0.554. The molecule has 0 amide bonds. The van der Waals surface area contributed by atoms with Gasteiger partial charge in [0.15, 0.2) is 0 Å². The summed E-state index contributed by atoms with van der Waals surface area (Å²) in [4.78, 5) is 0. The summed E-state index contributed by atoms with van der Waals surface area (Å²) in [6.45, 7) is 13.5. The fourth-order valence-electron chi connectivity index (χ4n) is 3.44. The second-order valence-electron chi connectivity index (χ2n) is 8.05. The van der Waals surface area contributed by atoms with Gasteiger partial charge in [0.05, 0.1) is 0 Å². The van der Waals surface area contributed by atoms with E-state index in [0.717, 1.165) is 0 Å². The van der Waals surface area contributed by atoms with Crippen molar-refractivity contribution in [1.82, 2.24) is 0 Å². The lowest BCUT2D eigenvalue weighted by molar-refractivity contribution is 0.792. The minimum Gasteiger partial charge on any atom is -0.0622 e. The number of hydrogen-bond acceptors (Lipinski definition) is 0. The van der Waals surface area contributed by atoms with E-state index in [1.807, 2.05) is 6.07 Å². The van der Waals surface area contributed by atoms with Crippen molar-refractivity contribution < 1.29 is 0 Å². The molecule has 0 spiro atoms. The molecule has 0 aliphatic carbocycles. The van der Waals surface area contributed by atoms with Crippen LogP contribution < -0.4 is 0 Å². The van der Waals surface area contributed by atoms with E-state index in [-0.39, 0.29) is 0 Å². The van der Waals surface area contributed by atoms with Crippen LogP contribution >= 0.6 is 0 Å². The lowest BCUT2D eigenvalue weighted by Crippen LogP contribution is -2.01. The molecule has 0 saturated heterocycles. The number of rotatable bonds is 4. The van der Waals surface area contributed by atoms with Gasteiger partial charge in [0, 0.05) is 0 Å². The monoisotopic (exact) mass is 358 g/mol. The van der Waals surface area contributed by atoms with Crippen LogP contribution in [0.4, 0.5) is 0 Å². The molecule has 0 N–H and O–H groups in total. The van der Waals surface area contributed by atoms with Gasteiger partial charge >= 0.3 is 0 Å². The number of hydrogen-bond donors (Lipinski definition) is 0. The van der Waals surface area contributed by atoms with Gasteiger partial charge in [-0.1, -0.05) is 120 Å². The molecule has 3 aromatic carbocycles. The van der Waals surface area contributed by atoms with Gasteiger partial charge in [0.25, 0.3) is 0 Å². The van der Waals surface area contributed by atoms with Gasteiger partial charge in [-0.15, -0.1) is 0 Å². The summed E-state index contributed by atoms with van der Waals surface area (Å²) in [5.41, 5.74) is 7.10. The van der Waals surface area contributed by atoms with E-state index in [4.69, 9.17) is 0 Å². The Bertz CT molecular complexity index is 796. The van der Waals surface area contributed by atoms with Gasteiger partial charge in [-0.05, 0) is 45.6 Å². The standard InChI is InChI=1S/C18H22.C9H12/c1-13(2)16-11-8-12-17(18(16)14(3)4)15-9-6-5-7-10-15;1-8(2)9-6-4-3-5-7-9/h5-14H,1-4H3;3-8H,1-2H3. The Balaban J connectivity index is 0.000000244. The number of benzene rings is 3. The molecule has 0 aromatic heterocycles. The van der Waals surface area contributed by atoms with Crippen LogP contribution in [-0.4, -0.2) is 0 Å². The Kier molecular flexibility index (Phi) is 7.85. The maximum absolute atomic E-state index is 2.29. The van der Waals surface area contributed by atoms with Crippen LogP contribution in [0.1, 0.15) is 76.0 Å². The van der Waals surface area contributed by atoms with E-state index in [2.05, 4.69) is 114 Å². The molecule has 3 rings (SSSR count). The van der Waals surface area contributed by atoms with E-state index in [1.54, 1.807) is 0 Å². The van der Waals surface area contributed by atoms with Crippen molar-refractivity contribution >= 4 is 0 Å². The van der Waals surface area contributed by atoms with Gasteiger partial charge in [-0.25, -0.2) is 0 Å². The third-order valence-corrected chi connectivity index (χ3v) is 4.89. The van der Waals surface area contributed by atoms with Crippen molar-refractivity contribution in [2.45, 2.75) is 59.3 Å². The van der Waals surface area contributed by atoms with Crippen molar-refractivity contribution in [2.24, 2.45) is 0 Å². The molecule has 0 nitrogen and oxygen atoms in total. The highest BCUT2D eigenvalue weighted by Gasteiger charge is 2.14. The summed E-state index contributed by atoms with van der Waals surface area (Å²) in [7, 11) is 0. The van der Waals surface area contributed by atoms with E-state index in [9.17, 15) is 0 Å². The van der Waals surface area contributed by atoms with Crippen LogP contribution in [0, 0.1) is 0 Å². The lowest BCUT2D eigenvalue weighted by Gasteiger charge is -2.20. The second kappa shape index (κ2) is 10.1. The molecule has 0 saturated carbocycles. The first-order chi connectivity index (χ1) is 12.9. The summed E-state index contributed by atoms with van der Waals surface area (Å²) in [5, 5.41) is 0. The van der Waals surface area contributed by atoms with Crippen LogP contribution in [0.2, 0.25) is 0 Å². The van der Waals surface area contributed by atoms with Crippen LogP contribution in [0.25, 0.3) is 11.1 Å². The zero-order valence-corrected chi connectivity index (χ0v) is 17.7. The second-order valence-corrected chi connectivity index (χ2v) is 8.05. The van der Waals surface area contributed by atoms with Crippen molar-refractivity contribution in [1.29, 1.82) is 0 Å². The Morgan fingerprint density at radius 3 is 1.48 bits per heavy atom. The van der Waals surface area contributed by atoms with E-state index < -0.39 is 0 Å². The minimum atomic E-state index is 0.554. The lowest BCUT2D eigenvalue weighted by atomic mass is 9.84. The van der Waals surface area contributed by atoms with Crippen molar-refractivity contribution in [3.05, 3.63) is 95.6 Å². The molecular weight excluding hydrogens is 324 g/mol. The van der Waals surface area contributed by atoms with Gasteiger partial charge in [-0.2, -0.15) is 0 Å². The normalized spacial score (nSPS) is 10.9. The Morgan fingerprint density at radius 2 is 1.04 bits per heavy atom. The molecule has 142 valence electrons. The molecular formula is C27H34. The predicted molar refractivity (Wildman–Crippen MR) is 121 cm³/mol. The maximum Gasteiger partial charge on any atom is -0.0146 e. The van der Waals surface area contributed by atoms with Crippen molar-refractivity contribution in [3.63, 3.8) is 0 Å². The predicted octanol–water partition coefficient (Wildman–Crippen LogP) is 8.41. The average molecular weight is 359 g/mol. The first-order valence-electron chi connectivity index (χ1n) is 10.1. The fourth-order valence-corrected chi connectivity index (χ4v) is 3.44. The summed E-state index contributed by atoms with van der Waals surface area (Å²) in [6, 6.07) is 27.9. The van der Waals surface area contributed by atoms with Gasteiger partial charge in [0.1, 0.15) is 0 Å². The van der Waals surface area contributed by atoms with Gasteiger partial charge in [-0.3, -0.25) is 0 Å². The maximum atomic E-state index is 2.29. The average Bonchev–Trinajstić information content (AvgIpc) is 2.69. The van der Waals surface area contributed by atoms with E-state index in [1.165, 1.54) is 27.8 Å². The molecule has 0 heteroatoms. The highest BCUT2D eigenvalue weighted by atomic mass is 14.2. The molecule has 0 aliphatic rings. The van der Waals surface area contributed by atoms with Crippen molar-refractivity contribution in [3.8, 4) is 11.1 Å². The highest BCUT2D eigenvalue weighted by molar-refractivity contribution is 5.69. The topological polar surface area (TPSA) is 0 Å². The quantitative estimate of drug-likeness (QED) is 0.439. The largest absolute Gasteiger partial charge is 0.0622 e. The van der Waals surface area contributed by atoms with Gasteiger partial charge in [0.2, 0.25) is 0 Å². The molecule has 0 heterocycles. The summed E-state index contributed by atoms with van der Waals surface area (Å²) in [6.07, 6.45) is 0. The summed E-state index contributed by atoms with van der Waals surface area (Å²) < 4.78 is 0. The Hall–Kier alpha value is -2.34. The summed E-state index contributed by atoms with van der Waals surface area (Å²) >= 11 is 0. The van der Waals surface area contributed by atoms with Crippen LogP contribution in [0.5, 0.6) is 0 Å². The smallest absolute Gasteiger partial charge is 0.0146 e. The Morgan fingerprint density at radius 1 is 0.481 bits per heavy atom. The molecule has 0 radical (unpaired) electrons. The first-order valence-corrected chi connectivity index (χ1v) is 10.1. The molecule has 0 fully saturated rings. The van der Waals surface area contributed by atoms with Gasteiger partial charge < -0.3 is 0 Å². The van der Waals surface area contributed by atoms with Crippen LogP contribution in [-0.2, 0) is 0 Å². The first kappa shape index (κ1) is 21.0. The Labute approximate surface area is 166 Å².